The highest BCUT2D eigenvalue weighted by molar-refractivity contribution is 7.19. The molecule has 1 heterocycles. The minimum Gasteiger partial charge on any atom is -0.323 e. The van der Waals surface area contributed by atoms with Crippen molar-refractivity contribution in [2.75, 3.05) is 0 Å². The van der Waals surface area contributed by atoms with E-state index in [1.165, 1.54) is 12.1 Å². The van der Waals surface area contributed by atoms with Gasteiger partial charge >= 0.3 is 0 Å². The minimum absolute atomic E-state index is 0.285. The van der Waals surface area contributed by atoms with Gasteiger partial charge in [-0.3, -0.25) is 0 Å². The van der Waals surface area contributed by atoms with E-state index in [2.05, 4.69) is 0 Å². The molecule has 1 nitrogen and oxygen atoms in total. The van der Waals surface area contributed by atoms with Crippen molar-refractivity contribution in [3.05, 3.63) is 70.6 Å². The molecule has 0 spiro atoms. The summed E-state index contributed by atoms with van der Waals surface area (Å²) in [5.41, 5.74) is 6.59. The van der Waals surface area contributed by atoms with Crippen LogP contribution in [0, 0.1) is 11.6 Å². The average Bonchev–Trinajstić information content (AvgIpc) is 2.86. The summed E-state index contributed by atoms with van der Waals surface area (Å²) < 4.78 is 27.7. The quantitative estimate of drug-likeness (QED) is 0.758. The van der Waals surface area contributed by atoms with E-state index < -0.39 is 11.6 Å². The van der Waals surface area contributed by atoms with Crippen LogP contribution in [-0.4, -0.2) is 0 Å². The van der Waals surface area contributed by atoms with E-state index in [0.717, 1.165) is 21.0 Å². The lowest BCUT2D eigenvalue weighted by atomic mass is 10.0. The molecule has 1 unspecified atom stereocenters. The summed E-state index contributed by atoms with van der Waals surface area (Å²) in [6, 6.07) is 13.4. The summed E-state index contributed by atoms with van der Waals surface area (Å²) in [6.45, 7) is 0. The molecule has 4 heteroatoms. The Balaban J connectivity index is 1.86. The first-order valence-electron chi connectivity index (χ1n) is 6.31. The Bertz CT molecular complexity index is 718. The molecule has 20 heavy (non-hydrogen) atoms. The Labute approximate surface area is 119 Å². The fourth-order valence-electron chi connectivity index (χ4n) is 2.21. The van der Waals surface area contributed by atoms with Gasteiger partial charge in [-0.2, -0.15) is 0 Å². The monoisotopic (exact) mass is 289 g/mol. The molecule has 0 aliphatic rings. The standard InChI is InChI=1S/C16H13F2NS/c17-12-6-5-10(13(18)9-12)7-14(19)16-8-11-3-1-2-4-15(11)20-16/h1-6,8-9,14H,7,19H2. The van der Waals surface area contributed by atoms with Crippen LogP contribution in [0.4, 0.5) is 8.78 Å². The van der Waals surface area contributed by atoms with Gasteiger partial charge in [0.05, 0.1) is 0 Å². The second-order valence-electron chi connectivity index (χ2n) is 4.73. The number of thiophene rings is 1. The highest BCUT2D eigenvalue weighted by atomic mass is 32.1. The highest BCUT2D eigenvalue weighted by Crippen LogP contribution is 2.30. The fourth-order valence-corrected chi connectivity index (χ4v) is 3.28. The van der Waals surface area contributed by atoms with Gasteiger partial charge in [-0.1, -0.05) is 24.3 Å². The third-order valence-electron chi connectivity index (χ3n) is 3.26. The molecular weight excluding hydrogens is 276 g/mol. The Kier molecular flexibility index (Phi) is 3.51. The van der Waals surface area contributed by atoms with Crippen molar-refractivity contribution in [3.63, 3.8) is 0 Å². The van der Waals surface area contributed by atoms with E-state index in [-0.39, 0.29) is 6.04 Å². The van der Waals surface area contributed by atoms with Gasteiger partial charge < -0.3 is 5.73 Å². The lowest BCUT2D eigenvalue weighted by Crippen LogP contribution is -2.12. The number of rotatable bonds is 3. The van der Waals surface area contributed by atoms with Crippen molar-refractivity contribution in [2.45, 2.75) is 12.5 Å². The summed E-state index contributed by atoms with van der Waals surface area (Å²) in [4.78, 5) is 1.01. The van der Waals surface area contributed by atoms with Crippen molar-refractivity contribution in [3.8, 4) is 0 Å². The van der Waals surface area contributed by atoms with Crippen molar-refractivity contribution in [1.82, 2.24) is 0 Å². The lowest BCUT2D eigenvalue weighted by molar-refractivity contribution is 0.564. The topological polar surface area (TPSA) is 26.0 Å². The Morgan fingerprint density at radius 1 is 1.05 bits per heavy atom. The van der Waals surface area contributed by atoms with Gasteiger partial charge in [0.25, 0.3) is 0 Å². The first-order valence-corrected chi connectivity index (χ1v) is 7.13. The van der Waals surface area contributed by atoms with E-state index in [0.29, 0.717) is 12.0 Å². The summed E-state index contributed by atoms with van der Waals surface area (Å²) in [5.74, 6) is -1.11. The van der Waals surface area contributed by atoms with Crippen LogP contribution >= 0.6 is 11.3 Å². The summed E-state index contributed by atoms with van der Waals surface area (Å²) >= 11 is 1.61. The molecule has 1 atom stereocenters. The maximum atomic E-state index is 13.6. The van der Waals surface area contributed by atoms with Gasteiger partial charge in [-0.25, -0.2) is 8.78 Å². The summed E-state index contributed by atoms with van der Waals surface area (Å²) in [6.07, 6.45) is 0.360. The number of hydrogen-bond donors (Lipinski definition) is 1. The predicted octanol–water partition coefficient (Wildman–Crippen LogP) is 4.42. The van der Waals surface area contributed by atoms with Crippen LogP contribution in [0.1, 0.15) is 16.5 Å². The van der Waals surface area contributed by atoms with Crippen molar-refractivity contribution in [1.29, 1.82) is 0 Å². The molecule has 0 saturated heterocycles. The molecule has 2 aromatic carbocycles. The maximum Gasteiger partial charge on any atom is 0.129 e. The molecule has 0 amide bonds. The maximum absolute atomic E-state index is 13.6. The van der Waals surface area contributed by atoms with Gasteiger partial charge in [0.2, 0.25) is 0 Å². The third kappa shape index (κ3) is 2.57. The molecule has 102 valence electrons. The molecule has 0 bridgehead atoms. The second-order valence-corrected chi connectivity index (χ2v) is 5.85. The molecule has 0 aliphatic heterocycles. The molecule has 3 rings (SSSR count). The number of benzene rings is 2. The van der Waals surface area contributed by atoms with Crippen LogP contribution in [0.5, 0.6) is 0 Å². The second kappa shape index (κ2) is 5.31. The van der Waals surface area contributed by atoms with Crippen LogP contribution in [0.15, 0.2) is 48.5 Å². The molecule has 0 fully saturated rings. The van der Waals surface area contributed by atoms with Gasteiger partial charge in [-0.05, 0) is 35.6 Å². The first kappa shape index (κ1) is 13.2. The van der Waals surface area contributed by atoms with Gasteiger partial charge in [0.15, 0.2) is 0 Å². The zero-order valence-electron chi connectivity index (χ0n) is 10.6. The van der Waals surface area contributed by atoms with E-state index >= 15 is 0 Å². The Morgan fingerprint density at radius 3 is 2.60 bits per heavy atom. The first-order chi connectivity index (χ1) is 9.63. The van der Waals surface area contributed by atoms with Crippen LogP contribution in [0.2, 0.25) is 0 Å². The van der Waals surface area contributed by atoms with E-state index in [1.807, 2.05) is 30.3 Å². The Morgan fingerprint density at radius 2 is 1.85 bits per heavy atom. The highest BCUT2D eigenvalue weighted by Gasteiger charge is 2.13. The van der Waals surface area contributed by atoms with E-state index in [1.54, 1.807) is 11.3 Å². The zero-order valence-corrected chi connectivity index (χ0v) is 11.5. The Hall–Kier alpha value is -1.78. The van der Waals surface area contributed by atoms with Crippen LogP contribution in [-0.2, 0) is 6.42 Å². The molecule has 0 radical (unpaired) electrons. The number of fused-ring (bicyclic) bond motifs is 1. The van der Waals surface area contributed by atoms with Crippen molar-refractivity contribution < 1.29 is 8.78 Å². The molecule has 0 aliphatic carbocycles. The zero-order chi connectivity index (χ0) is 14.1. The number of nitrogens with two attached hydrogens (primary N) is 1. The predicted molar refractivity (Wildman–Crippen MR) is 78.8 cm³/mol. The largest absolute Gasteiger partial charge is 0.323 e. The lowest BCUT2D eigenvalue weighted by Gasteiger charge is -2.10. The van der Waals surface area contributed by atoms with Crippen LogP contribution < -0.4 is 5.73 Å². The van der Waals surface area contributed by atoms with Crippen LogP contribution in [0.25, 0.3) is 10.1 Å². The van der Waals surface area contributed by atoms with Gasteiger partial charge in [0, 0.05) is 21.7 Å². The van der Waals surface area contributed by atoms with Gasteiger partial charge in [-0.15, -0.1) is 11.3 Å². The van der Waals surface area contributed by atoms with Crippen molar-refractivity contribution in [2.24, 2.45) is 5.73 Å². The fraction of sp³-hybridized carbons (Fsp3) is 0.125. The van der Waals surface area contributed by atoms with E-state index in [4.69, 9.17) is 5.73 Å². The summed E-state index contributed by atoms with van der Waals surface area (Å²) in [5, 5.41) is 1.14. The number of halogens is 2. The number of hydrogen-bond acceptors (Lipinski definition) is 2. The van der Waals surface area contributed by atoms with E-state index in [9.17, 15) is 8.78 Å². The minimum atomic E-state index is -0.568. The van der Waals surface area contributed by atoms with Gasteiger partial charge in [0.1, 0.15) is 11.6 Å². The summed E-state index contributed by atoms with van der Waals surface area (Å²) in [7, 11) is 0. The molecule has 0 saturated carbocycles. The third-order valence-corrected chi connectivity index (χ3v) is 4.51. The SMILES string of the molecule is NC(Cc1ccc(F)cc1F)c1cc2ccccc2s1. The van der Waals surface area contributed by atoms with Crippen molar-refractivity contribution >= 4 is 21.4 Å². The molecule has 2 N–H and O–H groups in total. The normalized spacial score (nSPS) is 12.8. The van der Waals surface area contributed by atoms with Crippen LogP contribution in [0.3, 0.4) is 0 Å². The molecule has 1 aromatic heterocycles. The molecular formula is C16H13F2NS. The smallest absolute Gasteiger partial charge is 0.129 e. The average molecular weight is 289 g/mol. The molecule has 3 aromatic rings.